The quantitative estimate of drug-likeness (QED) is 0.354. The Morgan fingerprint density at radius 2 is 2.78 bits per heavy atom. The van der Waals surface area contributed by atoms with Crippen LogP contribution >= 0.6 is 11.5 Å². The van der Waals surface area contributed by atoms with Crippen molar-refractivity contribution in [1.29, 1.82) is 0 Å². The van der Waals surface area contributed by atoms with E-state index in [2.05, 4.69) is 19.6 Å². The second kappa shape index (κ2) is 3.01. The van der Waals surface area contributed by atoms with Gasteiger partial charge in [0.1, 0.15) is 0 Å². The summed E-state index contributed by atoms with van der Waals surface area (Å²) in [7, 11) is 0. The van der Waals surface area contributed by atoms with Crippen LogP contribution in [0.5, 0.6) is 0 Å². The van der Waals surface area contributed by atoms with E-state index >= 15 is 0 Å². The lowest BCUT2D eigenvalue weighted by atomic mass is 10.6. The van der Waals surface area contributed by atoms with Crippen LogP contribution in [-0.2, 0) is 6.54 Å². The van der Waals surface area contributed by atoms with Crippen molar-refractivity contribution in [3.8, 4) is 0 Å². The molecular formula is C3H3N5S. The zero-order valence-corrected chi connectivity index (χ0v) is 5.25. The minimum atomic E-state index is 0.355. The molecule has 0 saturated heterocycles. The molecule has 0 atom stereocenters. The molecule has 1 heterocycles. The fraction of sp³-hybridized carbons (Fsp3) is 0.333. The van der Waals surface area contributed by atoms with Crippen LogP contribution in [0.1, 0.15) is 4.88 Å². The van der Waals surface area contributed by atoms with E-state index in [9.17, 15) is 0 Å². The molecule has 0 aromatic carbocycles. The van der Waals surface area contributed by atoms with Gasteiger partial charge in [0.25, 0.3) is 0 Å². The maximum absolute atomic E-state index is 7.89. The third-order valence-electron chi connectivity index (χ3n) is 0.697. The standard InChI is InChI=1S/C3H3N5S/c4-7-5-1-3-2-6-8-9-3/h2H,1H2. The van der Waals surface area contributed by atoms with E-state index in [1.54, 1.807) is 6.20 Å². The number of aromatic nitrogens is 2. The Morgan fingerprint density at radius 3 is 3.33 bits per heavy atom. The molecular weight excluding hydrogens is 138 g/mol. The van der Waals surface area contributed by atoms with Crippen LogP contribution in [0, 0.1) is 0 Å². The molecule has 0 aliphatic heterocycles. The Morgan fingerprint density at radius 1 is 1.89 bits per heavy atom. The molecule has 1 rings (SSSR count). The average molecular weight is 141 g/mol. The molecule has 0 aliphatic rings. The van der Waals surface area contributed by atoms with E-state index in [-0.39, 0.29) is 0 Å². The van der Waals surface area contributed by atoms with Crippen molar-refractivity contribution >= 4 is 11.5 Å². The summed E-state index contributed by atoms with van der Waals surface area (Å²) >= 11 is 1.24. The fourth-order valence-corrected chi connectivity index (χ4v) is 0.767. The van der Waals surface area contributed by atoms with E-state index < -0.39 is 0 Å². The van der Waals surface area contributed by atoms with Crippen molar-refractivity contribution in [1.82, 2.24) is 9.59 Å². The van der Waals surface area contributed by atoms with Gasteiger partial charge in [0.15, 0.2) is 0 Å². The summed E-state index contributed by atoms with van der Waals surface area (Å²) in [5.74, 6) is 0. The van der Waals surface area contributed by atoms with Crippen molar-refractivity contribution < 1.29 is 0 Å². The van der Waals surface area contributed by atoms with E-state index in [1.165, 1.54) is 11.5 Å². The molecule has 0 radical (unpaired) electrons. The van der Waals surface area contributed by atoms with Gasteiger partial charge in [-0.3, -0.25) is 0 Å². The lowest BCUT2D eigenvalue weighted by Crippen LogP contribution is -1.67. The molecule has 46 valence electrons. The second-order valence-corrected chi connectivity index (χ2v) is 2.14. The first kappa shape index (κ1) is 6.00. The van der Waals surface area contributed by atoms with Crippen molar-refractivity contribution in [3.63, 3.8) is 0 Å². The normalized spacial score (nSPS) is 8.44. The maximum Gasteiger partial charge on any atom is 0.0654 e. The SMILES string of the molecule is [N-]=[N+]=NCc1cnns1. The molecule has 0 bridgehead atoms. The van der Waals surface area contributed by atoms with Crippen molar-refractivity contribution in [2.45, 2.75) is 6.54 Å². The summed E-state index contributed by atoms with van der Waals surface area (Å²) in [6, 6.07) is 0. The molecule has 0 saturated carbocycles. The highest BCUT2D eigenvalue weighted by molar-refractivity contribution is 7.05. The number of azide groups is 1. The third kappa shape index (κ3) is 1.67. The zero-order chi connectivity index (χ0) is 6.53. The first-order valence-corrected chi connectivity index (χ1v) is 2.98. The van der Waals surface area contributed by atoms with Crippen LogP contribution in [0.3, 0.4) is 0 Å². The van der Waals surface area contributed by atoms with Gasteiger partial charge in [-0.15, -0.1) is 5.10 Å². The Bertz CT molecular complexity index is 210. The second-order valence-electron chi connectivity index (χ2n) is 1.27. The average Bonchev–Trinajstić information content (AvgIpc) is 2.34. The molecule has 1 aromatic rings. The Balaban J connectivity index is 2.57. The molecule has 0 spiro atoms. The van der Waals surface area contributed by atoms with Gasteiger partial charge >= 0.3 is 0 Å². The lowest BCUT2D eigenvalue weighted by molar-refractivity contribution is 1.06. The largest absolute Gasteiger partial charge is 0.146 e. The van der Waals surface area contributed by atoms with Gasteiger partial charge in [0.05, 0.1) is 17.6 Å². The van der Waals surface area contributed by atoms with Crippen molar-refractivity contribution in [2.75, 3.05) is 0 Å². The predicted molar refractivity (Wildman–Crippen MR) is 32.8 cm³/mol. The van der Waals surface area contributed by atoms with Crippen LogP contribution in [-0.4, -0.2) is 9.59 Å². The van der Waals surface area contributed by atoms with Gasteiger partial charge in [-0.05, 0) is 17.1 Å². The maximum atomic E-state index is 7.89. The summed E-state index contributed by atoms with van der Waals surface area (Å²) in [5, 5.41) is 6.89. The summed E-state index contributed by atoms with van der Waals surface area (Å²) in [6.07, 6.45) is 1.58. The van der Waals surface area contributed by atoms with Gasteiger partial charge in [0, 0.05) is 4.91 Å². The van der Waals surface area contributed by atoms with Gasteiger partial charge in [0.2, 0.25) is 0 Å². The van der Waals surface area contributed by atoms with Gasteiger partial charge in [-0.1, -0.05) is 9.60 Å². The van der Waals surface area contributed by atoms with Gasteiger partial charge < -0.3 is 0 Å². The van der Waals surface area contributed by atoms with Gasteiger partial charge in [-0.2, -0.15) is 0 Å². The molecule has 0 fully saturated rings. The van der Waals surface area contributed by atoms with E-state index in [0.29, 0.717) is 6.54 Å². The zero-order valence-electron chi connectivity index (χ0n) is 4.43. The molecule has 1 aromatic heterocycles. The minimum absolute atomic E-state index is 0.355. The summed E-state index contributed by atoms with van der Waals surface area (Å²) in [4.78, 5) is 3.47. The summed E-state index contributed by atoms with van der Waals surface area (Å²) in [6.45, 7) is 0.355. The first-order valence-electron chi connectivity index (χ1n) is 2.20. The topological polar surface area (TPSA) is 74.5 Å². The first-order chi connectivity index (χ1) is 4.43. The molecule has 0 N–H and O–H groups in total. The Labute approximate surface area is 55.1 Å². The van der Waals surface area contributed by atoms with Gasteiger partial charge in [-0.25, -0.2) is 0 Å². The molecule has 0 amide bonds. The van der Waals surface area contributed by atoms with Crippen molar-refractivity contribution in [3.05, 3.63) is 21.5 Å². The van der Waals surface area contributed by atoms with Crippen LogP contribution < -0.4 is 0 Å². The third-order valence-corrected chi connectivity index (χ3v) is 1.34. The van der Waals surface area contributed by atoms with E-state index in [1.807, 2.05) is 0 Å². The van der Waals surface area contributed by atoms with E-state index in [0.717, 1.165) is 4.88 Å². The lowest BCUT2D eigenvalue weighted by Gasteiger charge is -1.76. The highest BCUT2D eigenvalue weighted by Gasteiger charge is 1.89. The fourth-order valence-electron chi connectivity index (χ4n) is 0.359. The Hall–Kier alpha value is -1.13. The van der Waals surface area contributed by atoms with Crippen molar-refractivity contribution in [2.24, 2.45) is 5.11 Å². The highest BCUT2D eigenvalue weighted by atomic mass is 32.1. The predicted octanol–water partition coefficient (Wildman–Crippen LogP) is 1.35. The van der Waals surface area contributed by atoms with Crippen LogP contribution in [0.25, 0.3) is 10.4 Å². The summed E-state index contributed by atoms with van der Waals surface area (Å²) < 4.78 is 3.58. The highest BCUT2D eigenvalue weighted by Crippen LogP contribution is 2.02. The smallest absolute Gasteiger partial charge is 0.0654 e. The Kier molecular flexibility index (Phi) is 2.00. The number of hydrogen-bond acceptors (Lipinski definition) is 4. The molecule has 9 heavy (non-hydrogen) atoms. The van der Waals surface area contributed by atoms with Crippen LogP contribution in [0.2, 0.25) is 0 Å². The minimum Gasteiger partial charge on any atom is -0.146 e. The molecule has 0 unspecified atom stereocenters. The molecule has 0 aliphatic carbocycles. The van der Waals surface area contributed by atoms with E-state index in [4.69, 9.17) is 5.53 Å². The number of hydrogen-bond donors (Lipinski definition) is 0. The number of rotatable bonds is 2. The molecule has 5 nitrogen and oxygen atoms in total. The number of nitrogens with zero attached hydrogens (tertiary/aromatic N) is 5. The van der Waals surface area contributed by atoms with Crippen LogP contribution in [0.4, 0.5) is 0 Å². The monoisotopic (exact) mass is 141 g/mol. The molecule has 6 heteroatoms. The summed E-state index contributed by atoms with van der Waals surface area (Å²) in [5.41, 5.74) is 7.89. The van der Waals surface area contributed by atoms with Crippen LogP contribution in [0.15, 0.2) is 11.3 Å².